The molecule has 2 fully saturated rings. The van der Waals surface area contributed by atoms with Crippen LogP contribution in [0, 0.1) is 38.4 Å². The topological polar surface area (TPSA) is 49.4 Å². The van der Waals surface area contributed by atoms with E-state index < -0.39 is 5.41 Å². The lowest BCUT2D eigenvalue weighted by molar-refractivity contribution is -0.161. The predicted octanol–water partition coefficient (Wildman–Crippen LogP) is 7.03. The third-order valence-corrected chi connectivity index (χ3v) is 10.4. The van der Waals surface area contributed by atoms with Crippen molar-refractivity contribution < 1.29 is 9.59 Å². The third kappa shape index (κ3) is 3.84. The molecule has 2 amide bonds. The predicted molar refractivity (Wildman–Crippen MR) is 148 cm³/mol. The average molecular weight is 495 g/mol. The minimum atomic E-state index is -0.520. The van der Waals surface area contributed by atoms with Gasteiger partial charge in [-0.3, -0.25) is 9.59 Å². The van der Waals surface area contributed by atoms with Crippen LogP contribution in [0.15, 0.2) is 35.6 Å². The molecule has 1 N–H and O–H groups in total. The molecular formula is C32H50N2O2. The highest BCUT2D eigenvalue weighted by Crippen LogP contribution is 2.75. The second-order valence-electron chi connectivity index (χ2n) is 15.6. The van der Waals surface area contributed by atoms with E-state index in [-0.39, 0.29) is 50.8 Å². The second-order valence-corrected chi connectivity index (χ2v) is 15.6. The number of nitrogens with zero attached hydrogens (tertiary/aromatic N) is 1. The van der Waals surface area contributed by atoms with Crippen molar-refractivity contribution in [2.45, 2.75) is 108 Å². The monoisotopic (exact) mass is 494 g/mol. The molecule has 1 aliphatic heterocycles. The van der Waals surface area contributed by atoms with E-state index in [4.69, 9.17) is 0 Å². The van der Waals surface area contributed by atoms with Crippen molar-refractivity contribution in [1.29, 1.82) is 0 Å². The van der Waals surface area contributed by atoms with Gasteiger partial charge in [0.05, 0.1) is 5.41 Å². The molecule has 0 saturated heterocycles. The van der Waals surface area contributed by atoms with Gasteiger partial charge in [0.1, 0.15) is 0 Å². The van der Waals surface area contributed by atoms with E-state index in [9.17, 15) is 9.59 Å². The maximum absolute atomic E-state index is 13.8. The molecule has 2 unspecified atom stereocenters. The van der Waals surface area contributed by atoms with Crippen LogP contribution in [0.3, 0.4) is 0 Å². The molecule has 4 nitrogen and oxygen atoms in total. The molecule has 0 spiro atoms. The highest BCUT2D eigenvalue weighted by molar-refractivity contribution is 5.97. The van der Waals surface area contributed by atoms with Crippen molar-refractivity contribution in [1.82, 2.24) is 10.2 Å². The summed E-state index contributed by atoms with van der Waals surface area (Å²) in [5.41, 5.74) is 1.48. The van der Waals surface area contributed by atoms with Crippen LogP contribution in [-0.4, -0.2) is 29.3 Å². The summed E-state index contributed by atoms with van der Waals surface area (Å²) in [6.45, 7) is 25.6. The Hall–Kier alpha value is -1.84. The Morgan fingerprint density at radius 3 is 2.19 bits per heavy atom. The first kappa shape index (κ1) is 27.2. The van der Waals surface area contributed by atoms with E-state index in [0.717, 1.165) is 25.1 Å². The molecule has 0 aromatic rings. The van der Waals surface area contributed by atoms with Gasteiger partial charge in [-0.05, 0) is 64.4 Å². The number of amides is 2. The molecule has 4 rings (SSSR count). The normalized spacial score (nSPS) is 28.8. The number of hydrogen-bond acceptors (Lipinski definition) is 2. The maximum atomic E-state index is 13.8. The molecule has 4 heteroatoms. The van der Waals surface area contributed by atoms with Crippen LogP contribution in [0.2, 0.25) is 0 Å². The number of allylic oxidation sites excluding steroid dienone is 4. The van der Waals surface area contributed by atoms with Gasteiger partial charge in [-0.25, -0.2) is 0 Å². The number of carbonyl (C=O) groups is 2. The number of carbonyl (C=O) groups excluding carboxylic acids is 2. The SMILES string of the molecule is CC(=O)N(CC1(C)CC1)C(C(C)(C)C)C(C)(C)CCC(C)(C)C12C(=O)NC3=C1[C@@H](C=CC=C3)C2(C)C. The molecule has 0 aromatic heterocycles. The maximum Gasteiger partial charge on any atom is 0.235 e. The van der Waals surface area contributed by atoms with Gasteiger partial charge in [0.25, 0.3) is 0 Å². The molecule has 200 valence electrons. The van der Waals surface area contributed by atoms with Crippen LogP contribution in [0.1, 0.15) is 102 Å². The summed E-state index contributed by atoms with van der Waals surface area (Å²) in [4.78, 5) is 29.0. The minimum Gasteiger partial charge on any atom is -0.338 e. The van der Waals surface area contributed by atoms with Crippen LogP contribution in [0.25, 0.3) is 0 Å². The van der Waals surface area contributed by atoms with Gasteiger partial charge >= 0.3 is 0 Å². The zero-order chi connectivity index (χ0) is 27.1. The Morgan fingerprint density at radius 1 is 1.06 bits per heavy atom. The van der Waals surface area contributed by atoms with Crippen molar-refractivity contribution >= 4 is 11.8 Å². The fraction of sp³-hybridized carbons (Fsp3) is 0.750. The molecular weight excluding hydrogens is 444 g/mol. The lowest BCUT2D eigenvalue weighted by atomic mass is 9.35. The molecule has 0 bridgehead atoms. The highest BCUT2D eigenvalue weighted by Gasteiger charge is 2.75. The smallest absolute Gasteiger partial charge is 0.235 e. The van der Waals surface area contributed by atoms with Gasteiger partial charge in [-0.15, -0.1) is 0 Å². The molecule has 2 saturated carbocycles. The standard InChI is InChI=1S/C32H50N2O2/c1-21(35)34(20-31(11)18-19-31)25(27(2,3)4)28(5,6)16-17-29(7,8)32-24-22(30(32,9)10)14-12-13-15-23(24)33-26(32)36/h12-15,22,25H,16-20H2,1-11H3,(H,33,36)/t22-,25?,32?/m1/s1. The molecule has 3 atom stereocenters. The van der Waals surface area contributed by atoms with Crippen molar-refractivity contribution in [3.05, 3.63) is 35.6 Å². The van der Waals surface area contributed by atoms with Crippen LogP contribution >= 0.6 is 0 Å². The summed E-state index contributed by atoms with van der Waals surface area (Å²) in [6.07, 6.45) is 12.8. The van der Waals surface area contributed by atoms with Gasteiger partial charge in [-0.1, -0.05) is 87.5 Å². The number of nitrogens with one attached hydrogen (secondary N) is 1. The van der Waals surface area contributed by atoms with Gasteiger partial charge < -0.3 is 10.2 Å². The molecule has 4 aliphatic rings. The number of rotatable bonds is 8. The van der Waals surface area contributed by atoms with E-state index in [2.05, 4.69) is 97.7 Å². The average Bonchev–Trinajstić information content (AvgIpc) is 3.41. The third-order valence-electron chi connectivity index (χ3n) is 10.4. The van der Waals surface area contributed by atoms with E-state index in [1.807, 2.05) is 6.08 Å². The summed E-state index contributed by atoms with van der Waals surface area (Å²) in [5, 5.41) is 3.26. The van der Waals surface area contributed by atoms with Crippen molar-refractivity contribution in [3.63, 3.8) is 0 Å². The van der Waals surface area contributed by atoms with Gasteiger partial charge in [-0.2, -0.15) is 0 Å². The lowest BCUT2D eigenvalue weighted by Gasteiger charge is -2.66. The fourth-order valence-corrected chi connectivity index (χ4v) is 8.69. The van der Waals surface area contributed by atoms with Crippen molar-refractivity contribution in [2.24, 2.45) is 38.4 Å². The Balaban J connectivity index is 1.65. The van der Waals surface area contributed by atoms with Crippen LogP contribution in [0.5, 0.6) is 0 Å². The molecule has 36 heavy (non-hydrogen) atoms. The summed E-state index contributed by atoms with van der Waals surface area (Å²) >= 11 is 0. The van der Waals surface area contributed by atoms with Crippen LogP contribution < -0.4 is 5.32 Å². The number of hydrogen-bond donors (Lipinski definition) is 1. The second kappa shape index (κ2) is 8.08. The van der Waals surface area contributed by atoms with E-state index in [1.165, 1.54) is 18.4 Å². The molecule has 1 heterocycles. The largest absolute Gasteiger partial charge is 0.338 e. The quantitative estimate of drug-likeness (QED) is 0.394. The Morgan fingerprint density at radius 2 is 1.67 bits per heavy atom. The summed E-state index contributed by atoms with van der Waals surface area (Å²) < 4.78 is 0. The first-order valence-electron chi connectivity index (χ1n) is 14.0. The fourth-order valence-electron chi connectivity index (χ4n) is 8.69. The lowest BCUT2D eigenvalue weighted by Crippen LogP contribution is -2.66. The van der Waals surface area contributed by atoms with Gasteiger partial charge in [0.15, 0.2) is 0 Å². The molecule has 0 radical (unpaired) electrons. The van der Waals surface area contributed by atoms with Crippen molar-refractivity contribution in [3.8, 4) is 0 Å². The first-order valence-corrected chi connectivity index (χ1v) is 14.0. The van der Waals surface area contributed by atoms with Crippen LogP contribution in [0.4, 0.5) is 0 Å². The molecule has 0 aromatic carbocycles. The Labute approximate surface area is 220 Å². The zero-order valence-electron chi connectivity index (χ0n) is 24.8. The zero-order valence-corrected chi connectivity index (χ0v) is 24.8. The van der Waals surface area contributed by atoms with E-state index in [1.54, 1.807) is 6.92 Å². The van der Waals surface area contributed by atoms with Gasteiger partial charge in [0.2, 0.25) is 11.8 Å². The van der Waals surface area contributed by atoms with Gasteiger partial charge in [0, 0.05) is 31.1 Å². The minimum absolute atomic E-state index is 0.0546. The first-order chi connectivity index (χ1) is 16.3. The van der Waals surface area contributed by atoms with Crippen molar-refractivity contribution in [2.75, 3.05) is 6.54 Å². The molecule has 3 aliphatic carbocycles. The van der Waals surface area contributed by atoms with Crippen LogP contribution in [-0.2, 0) is 9.59 Å². The Kier molecular flexibility index (Phi) is 6.10. The van der Waals surface area contributed by atoms with E-state index in [0.29, 0.717) is 0 Å². The van der Waals surface area contributed by atoms with E-state index >= 15 is 0 Å². The summed E-state index contributed by atoms with van der Waals surface area (Å²) in [6, 6.07) is 0.117. The highest BCUT2D eigenvalue weighted by atomic mass is 16.2. The summed E-state index contributed by atoms with van der Waals surface area (Å²) in [7, 11) is 0. The summed E-state index contributed by atoms with van der Waals surface area (Å²) in [5.74, 6) is 0.624. The Bertz CT molecular complexity index is 1040.